The van der Waals surface area contributed by atoms with Crippen LogP contribution in [0.5, 0.6) is 5.88 Å². The molecule has 1 fully saturated rings. The number of hydrogen-bond donors (Lipinski definition) is 1. The lowest BCUT2D eigenvalue weighted by Crippen LogP contribution is -2.51. The third-order valence-corrected chi connectivity index (χ3v) is 8.12. The molecule has 0 bridgehead atoms. The van der Waals surface area contributed by atoms with E-state index in [-0.39, 0.29) is 31.3 Å². The molecule has 0 unspecified atom stereocenters. The van der Waals surface area contributed by atoms with Crippen LogP contribution in [0.1, 0.15) is 34.1 Å². The second-order valence-electron chi connectivity index (χ2n) is 12.3. The molecule has 3 aromatic heterocycles. The van der Waals surface area contributed by atoms with Crippen molar-refractivity contribution in [2.75, 3.05) is 25.0 Å². The van der Waals surface area contributed by atoms with E-state index in [4.69, 9.17) is 19.2 Å². The second-order valence-corrected chi connectivity index (χ2v) is 17.9. The topological polar surface area (TPSA) is 109 Å². The van der Waals surface area contributed by atoms with Gasteiger partial charge in [0.2, 0.25) is 11.8 Å². The lowest BCUT2D eigenvalue weighted by molar-refractivity contribution is -0.0129. The Morgan fingerprint density at radius 1 is 1.25 bits per heavy atom. The van der Waals surface area contributed by atoms with Gasteiger partial charge in [-0.1, -0.05) is 19.6 Å². The summed E-state index contributed by atoms with van der Waals surface area (Å²) >= 11 is 0. The Morgan fingerprint density at radius 3 is 2.70 bits per heavy atom. The number of carbonyl (C=O) groups excluding carboxylic acids is 1. The van der Waals surface area contributed by atoms with Crippen molar-refractivity contribution in [3.8, 4) is 5.88 Å². The summed E-state index contributed by atoms with van der Waals surface area (Å²) < 4.78 is 36.4. The number of likely N-dealkylation sites (tertiary alicyclic amines) is 1. The molecule has 1 N–H and O–H groups in total. The maximum Gasteiger partial charge on any atom is 0.410 e. The summed E-state index contributed by atoms with van der Waals surface area (Å²) in [5.74, 6) is 0.519. The van der Waals surface area contributed by atoms with Crippen molar-refractivity contribution in [1.82, 2.24) is 29.2 Å². The third-order valence-electron chi connectivity index (χ3n) is 6.42. The number of aryl methyl sites for hydroxylation is 1. The summed E-state index contributed by atoms with van der Waals surface area (Å²) in [6, 6.07) is 2.89. The molecule has 2 atom stereocenters. The van der Waals surface area contributed by atoms with Gasteiger partial charge in [0.15, 0.2) is 5.65 Å². The molecular weight excluding hydrogens is 533 g/mol. The van der Waals surface area contributed by atoms with Gasteiger partial charge in [0.1, 0.15) is 24.6 Å². The van der Waals surface area contributed by atoms with E-state index >= 15 is 4.39 Å². The van der Waals surface area contributed by atoms with Crippen LogP contribution in [0.2, 0.25) is 25.7 Å². The number of fused-ring (bicyclic) bond motifs is 1. The molecule has 1 aliphatic rings. The predicted molar refractivity (Wildman–Crippen MR) is 155 cm³/mol. The number of piperidine rings is 1. The van der Waals surface area contributed by atoms with Gasteiger partial charge in [-0.15, -0.1) is 0 Å². The summed E-state index contributed by atoms with van der Waals surface area (Å²) in [5.41, 5.74) is 0.665. The first-order valence-corrected chi connectivity index (χ1v) is 17.5. The number of ether oxygens (including phenoxy) is 3. The largest absolute Gasteiger partial charge is 0.469 e. The zero-order valence-corrected chi connectivity index (χ0v) is 25.6. The number of aromatic nitrogens is 5. The number of carbonyl (C=O) groups is 1. The van der Waals surface area contributed by atoms with Gasteiger partial charge >= 0.3 is 6.09 Å². The zero-order valence-electron chi connectivity index (χ0n) is 24.6. The fourth-order valence-corrected chi connectivity index (χ4v) is 4.95. The van der Waals surface area contributed by atoms with Crippen LogP contribution in [0.3, 0.4) is 0 Å². The van der Waals surface area contributed by atoms with Crippen LogP contribution in [0.25, 0.3) is 11.0 Å². The van der Waals surface area contributed by atoms with Crippen molar-refractivity contribution in [3.63, 3.8) is 0 Å². The molecule has 11 nitrogen and oxygen atoms in total. The Hall–Kier alpha value is -3.19. The molecule has 40 heavy (non-hydrogen) atoms. The standard InChI is InChI=1S/C27H42FN7O4Si/c1-8-35-16-19(15-29-35)30-25-31-23-20(9-11-34(23)18-37-13-14-40(5,6)7)24(32-25)38-22-17-33(12-10-21(22)28)26(36)39-27(2,3)4/h9,11,15-16,21-22H,8,10,12-14,17-18H2,1-7H3,(H,30,31,32)/t21-,22+/m1/s1. The van der Waals surface area contributed by atoms with Crippen LogP contribution in [0.4, 0.5) is 20.8 Å². The van der Waals surface area contributed by atoms with Crippen molar-refractivity contribution in [1.29, 1.82) is 0 Å². The molecule has 0 aliphatic carbocycles. The van der Waals surface area contributed by atoms with E-state index in [1.165, 1.54) is 4.90 Å². The fourth-order valence-electron chi connectivity index (χ4n) is 4.19. The molecule has 1 saturated heterocycles. The quantitative estimate of drug-likeness (QED) is 0.252. The third kappa shape index (κ3) is 7.93. The Bertz CT molecular complexity index is 1300. The molecule has 3 aromatic rings. The van der Waals surface area contributed by atoms with Crippen LogP contribution in [0, 0.1) is 0 Å². The molecule has 4 rings (SSSR count). The molecule has 13 heteroatoms. The summed E-state index contributed by atoms with van der Waals surface area (Å²) in [7, 11) is -1.22. The molecule has 0 saturated carbocycles. The monoisotopic (exact) mass is 575 g/mol. The van der Waals surface area contributed by atoms with Crippen molar-refractivity contribution in [2.45, 2.75) is 91.0 Å². The number of alkyl halides is 1. The van der Waals surface area contributed by atoms with Crippen molar-refractivity contribution in [2.24, 2.45) is 0 Å². The van der Waals surface area contributed by atoms with Gasteiger partial charge in [-0.3, -0.25) is 4.68 Å². The fraction of sp³-hybridized carbons (Fsp3) is 0.630. The molecule has 1 aliphatic heterocycles. The van der Waals surface area contributed by atoms with Crippen molar-refractivity contribution < 1.29 is 23.4 Å². The molecular formula is C27H42FN7O4Si. The lowest BCUT2D eigenvalue weighted by atomic mass is 10.1. The predicted octanol–water partition coefficient (Wildman–Crippen LogP) is 5.43. The SMILES string of the molecule is CCn1cc(Nc2nc(O[C@H]3CN(C(=O)OC(C)(C)C)CC[C@H]3F)c3ccn(COCC[Si](C)(C)C)c3n2)cn1. The van der Waals surface area contributed by atoms with Crippen molar-refractivity contribution in [3.05, 3.63) is 24.7 Å². The van der Waals surface area contributed by atoms with Crippen LogP contribution >= 0.6 is 0 Å². The zero-order chi connectivity index (χ0) is 29.1. The maximum absolute atomic E-state index is 15.1. The van der Waals surface area contributed by atoms with Gasteiger partial charge in [-0.2, -0.15) is 15.1 Å². The first-order chi connectivity index (χ1) is 18.8. The van der Waals surface area contributed by atoms with Gasteiger partial charge in [-0.25, -0.2) is 9.18 Å². The maximum atomic E-state index is 15.1. The minimum atomic E-state index is -1.27. The number of nitrogens with one attached hydrogen (secondary N) is 1. The molecule has 1 amide bonds. The Labute approximate surface area is 236 Å². The number of hydrogen-bond acceptors (Lipinski definition) is 8. The number of rotatable bonds is 10. The highest BCUT2D eigenvalue weighted by Crippen LogP contribution is 2.30. The molecule has 0 radical (unpaired) electrons. The Kier molecular flexibility index (Phi) is 9.03. The number of anilines is 2. The van der Waals surface area contributed by atoms with E-state index in [2.05, 4.69) is 35.0 Å². The van der Waals surface area contributed by atoms with Crippen molar-refractivity contribution >= 4 is 36.8 Å². The van der Waals surface area contributed by atoms with Gasteiger partial charge < -0.3 is 29.0 Å². The van der Waals surface area contributed by atoms with Crippen LogP contribution in [-0.2, 0) is 22.7 Å². The molecule has 0 spiro atoms. The van der Waals surface area contributed by atoms with Gasteiger partial charge in [-0.05, 0) is 39.8 Å². The summed E-state index contributed by atoms with van der Waals surface area (Å²) in [4.78, 5) is 23.5. The van der Waals surface area contributed by atoms with Crippen LogP contribution in [0.15, 0.2) is 24.7 Å². The first kappa shape index (κ1) is 29.8. The number of nitrogens with zero attached hydrogens (tertiary/aromatic N) is 6. The molecule has 0 aromatic carbocycles. The smallest absolute Gasteiger partial charge is 0.410 e. The van der Waals surface area contributed by atoms with Crippen LogP contribution < -0.4 is 10.1 Å². The lowest BCUT2D eigenvalue weighted by Gasteiger charge is -2.35. The summed E-state index contributed by atoms with van der Waals surface area (Å²) in [6.45, 7) is 16.3. The molecule has 220 valence electrons. The summed E-state index contributed by atoms with van der Waals surface area (Å²) in [5, 5.41) is 8.11. The van der Waals surface area contributed by atoms with Crippen LogP contribution in [-0.4, -0.2) is 81.0 Å². The second kappa shape index (κ2) is 12.1. The van der Waals surface area contributed by atoms with E-state index in [0.29, 0.717) is 30.1 Å². The highest BCUT2D eigenvalue weighted by Gasteiger charge is 2.36. The van der Waals surface area contributed by atoms with Gasteiger partial charge in [0.25, 0.3) is 0 Å². The summed E-state index contributed by atoms with van der Waals surface area (Å²) in [6.07, 6.45) is 2.88. The Morgan fingerprint density at radius 2 is 2.02 bits per heavy atom. The van der Waals surface area contributed by atoms with E-state index < -0.39 is 32.0 Å². The van der Waals surface area contributed by atoms with E-state index in [0.717, 1.165) is 12.6 Å². The normalized spacial score (nSPS) is 18.2. The van der Waals surface area contributed by atoms with Gasteiger partial charge in [0.05, 0.1) is 23.8 Å². The minimum absolute atomic E-state index is 0.0497. The average Bonchev–Trinajstić information content (AvgIpc) is 3.48. The number of amides is 1. The molecule has 4 heterocycles. The van der Waals surface area contributed by atoms with Gasteiger partial charge in [0, 0.05) is 46.6 Å². The van der Waals surface area contributed by atoms with E-state index in [1.54, 1.807) is 31.6 Å². The highest BCUT2D eigenvalue weighted by molar-refractivity contribution is 6.76. The number of halogens is 1. The van der Waals surface area contributed by atoms with E-state index in [1.807, 2.05) is 30.0 Å². The average molecular weight is 576 g/mol. The highest BCUT2D eigenvalue weighted by atomic mass is 28.3. The van der Waals surface area contributed by atoms with E-state index in [9.17, 15) is 4.79 Å². The minimum Gasteiger partial charge on any atom is -0.469 e. The first-order valence-electron chi connectivity index (χ1n) is 13.8. The Balaban J connectivity index is 1.59.